The molecule has 0 aromatic heterocycles. The van der Waals surface area contributed by atoms with Crippen LogP contribution in [-0.4, -0.2) is 33.1 Å². The molecule has 2 amide bonds. The molecule has 3 aromatic rings. The zero-order chi connectivity index (χ0) is 22.9. The zero-order valence-electron chi connectivity index (χ0n) is 17.2. The Morgan fingerprint density at radius 2 is 1.33 bits per heavy atom. The summed E-state index contributed by atoms with van der Waals surface area (Å²) < 4.78 is 0. The van der Waals surface area contributed by atoms with Crippen molar-refractivity contribution in [3.63, 3.8) is 0 Å². The van der Waals surface area contributed by atoms with Crippen molar-refractivity contribution in [3.8, 4) is 5.75 Å². The van der Waals surface area contributed by atoms with E-state index in [0.717, 1.165) is 33.3 Å². The molecule has 0 unspecified atom stereocenters. The lowest BCUT2D eigenvalue weighted by Gasteiger charge is -2.45. The van der Waals surface area contributed by atoms with Gasteiger partial charge in [-0.15, -0.1) is 0 Å². The van der Waals surface area contributed by atoms with E-state index in [9.17, 15) is 24.8 Å². The minimum atomic E-state index is -0.709. The number of hydrazone groups is 1. The molecule has 1 saturated heterocycles. The Balaban J connectivity index is 1.41. The summed E-state index contributed by atoms with van der Waals surface area (Å²) in [5.74, 6) is -2.74. The van der Waals surface area contributed by atoms with Crippen molar-refractivity contribution in [1.82, 2.24) is 5.01 Å². The maximum Gasteiger partial charge on any atom is 0.311 e. The third-order valence-corrected chi connectivity index (χ3v) is 6.94. The van der Waals surface area contributed by atoms with Crippen LogP contribution in [0.1, 0.15) is 39.7 Å². The number of nitrogens with zero attached hydrogens (tertiary/aromatic N) is 3. The number of aromatic hydroxyl groups is 1. The highest BCUT2D eigenvalue weighted by molar-refractivity contribution is 6.08. The first kappa shape index (κ1) is 19.4. The second-order valence-corrected chi connectivity index (χ2v) is 8.50. The topological polar surface area (TPSA) is 113 Å². The number of nitro benzene ring substituents is 1. The van der Waals surface area contributed by atoms with Gasteiger partial charge in [0.25, 0.3) is 11.8 Å². The first-order chi connectivity index (χ1) is 16.0. The predicted molar refractivity (Wildman–Crippen MR) is 118 cm³/mol. The number of nitro groups is 1. The van der Waals surface area contributed by atoms with Crippen molar-refractivity contribution in [1.29, 1.82) is 0 Å². The number of imide groups is 1. The van der Waals surface area contributed by atoms with Crippen molar-refractivity contribution < 1.29 is 19.6 Å². The van der Waals surface area contributed by atoms with Gasteiger partial charge in [0.1, 0.15) is 0 Å². The van der Waals surface area contributed by atoms with Crippen LogP contribution in [0.2, 0.25) is 0 Å². The molecule has 1 aliphatic heterocycles. The van der Waals surface area contributed by atoms with E-state index < -0.39 is 28.2 Å². The number of carbonyl (C=O) groups is 2. The third kappa shape index (κ3) is 2.60. The molecule has 162 valence electrons. The van der Waals surface area contributed by atoms with Crippen molar-refractivity contribution >= 4 is 23.7 Å². The van der Waals surface area contributed by atoms with E-state index in [1.165, 1.54) is 18.3 Å². The lowest BCUT2D eigenvalue weighted by Crippen LogP contribution is -2.41. The monoisotopic (exact) mass is 439 g/mol. The van der Waals surface area contributed by atoms with Gasteiger partial charge in [-0.3, -0.25) is 19.7 Å². The fourth-order valence-electron chi connectivity index (χ4n) is 5.67. The molecule has 8 nitrogen and oxygen atoms in total. The molecule has 1 heterocycles. The summed E-state index contributed by atoms with van der Waals surface area (Å²) in [4.78, 5) is 37.3. The van der Waals surface area contributed by atoms with Crippen molar-refractivity contribution in [2.45, 2.75) is 11.8 Å². The quantitative estimate of drug-likeness (QED) is 0.290. The van der Waals surface area contributed by atoms with Crippen LogP contribution in [0.15, 0.2) is 71.8 Å². The van der Waals surface area contributed by atoms with Crippen LogP contribution in [0.25, 0.3) is 0 Å². The highest BCUT2D eigenvalue weighted by Crippen LogP contribution is 2.60. The van der Waals surface area contributed by atoms with Gasteiger partial charge in [0, 0.05) is 23.5 Å². The molecule has 0 radical (unpaired) electrons. The number of phenolic OH excluding ortho intramolecular Hbond substituents is 1. The molecule has 7 rings (SSSR count). The van der Waals surface area contributed by atoms with Gasteiger partial charge in [-0.2, -0.15) is 10.1 Å². The van der Waals surface area contributed by atoms with Gasteiger partial charge in [-0.1, -0.05) is 48.5 Å². The Hall–Kier alpha value is -4.33. The fraction of sp³-hybridized carbons (Fsp3) is 0.160. The molecule has 1 N–H and O–H groups in total. The Bertz CT molecular complexity index is 1280. The van der Waals surface area contributed by atoms with Crippen LogP contribution < -0.4 is 0 Å². The minimum Gasteiger partial charge on any atom is -0.502 e. The molecule has 2 bridgehead atoms. The zero-order valence-corrected chi connectivity index (χ0v) is 17.2. The van der Waals surface area contributed by atoms with Crippen LogP contribution in [0.5, 0.6) is 5.75 Å². The second-order valence-electron chi connectivity index (χ2n) is 8.50. The molecule has 0 saturated carbocycles. The second kappa shape index (κ2) is 6.83. The molecule has 1 fully saturated rings. The lowest BCUT2D eigenvalue weighted by molar-refractivity contribution is -0.385. The van der Waals surface area contributed by atoms with Gasteiger partial charge >= 0.3 is 5.69 Å². The largest absolute Gasteiger partial charge is 0.502 e. The van der Waals surface area contributed by atoms with E-state index in [1.807, 2.05) is 48.5 Å². The average Bonchev–Trinajstić information content (AvgIpc) is 3.08. The molecule has 33 heavy (non-hydrogen) atoms. The summed E-state index contributed by atoms with van der Waals surface area (Å²) in [7, 11) is 0. The molecule has 8 heteroatoms. The minimum absolute atomic E-state index is 0.223. The average molecular weight is 439 g/mol. The van der Waals surface area contributed by atoms with Gasteiger partial charge in [-0.25, -0.2) is 0 Å². The van der Waals surface area contributed by atoms with E-state index in [4.69, 9.17) is 0 Å². The van der Waals surface area contributed by atoms with Crippen molar-refractivity contribution in [2.75, 3.05) is 0 Å². The number of benzene rings is 3. The van der Waals surface area contributed by atoms with Crippen molar-refractivity contribution in [2.24, 2.45) is 16.9 Å². The summed E-state index contributed by atoms with van der Waals surface area (Å²) in [6.45, 7) is 0. The number of phenols is 1. The Labute approximate surface area is 187 Å². The Morgan fingerprint density at radius 3 is 1.79 bits per heavy atom. The highest BCUT2D eigenvalue weighted by atomic mass is 16.6. The van der Waals surface area contributed by atoms with Gasteiger partial charge in [-0.05, 0) is 34.4 Å². The Morgan fingerprint density at radius 1 is 0.848 bits per heavy atom. The lowest BCUT2D eigenvalue weighted by atomic mass is 9.55. The van der Waals surface area contributed by atoms with E-state index in [2.05, 4.69) is 5.10 Å². The summed E-state index contributed by atoms with van der Waals surface area (Å²) in [6.07, 6.45) is 1.24. The number of hydrogen-bond donors (Lipinski definition) is 1. The van der Waals surface area contributed by atoms with E-state index in [0.29, 0.717) is 5.56 Å². The van der Waals surface area contributed by atoms with Crippen LogP contribution >= 0.6 is 0 Å². The van der Waals surface area contributed by atoms with Crippen LogP contribution in [-0.2, 0) is 9.59 Å². The summed E-state index contributed by atoms with van der Waals surface area (Å²) in [5, 5.41) is 25.8. The van der Waals surface area contributed by atoms with Gasteiger partial charge in [0.05, 0.1) is 23.0 Å². The van der Waals surface area contributed by atoms with E-state index in [-0.39, 0.29) is 23.7 Å². The number of amides is 2. The first-order valence-electron chi connectivity index (χ1n) is 10.5. The highest BCUT2D eigenvalue weighted by Gasteiger charge is 2.61. The first-order valence-corrected chi connectivity index (χ1v) is 10.5. The smallest absolute Gasteiger partial charge is 0.311 e. The van der Waals surface area contributed by atoms with Crippen LogP contribution in [0.3, 0.4) is 0 Å². The van der Waals surface area contributed by atoms with Crippen LogP contribution in [0, 0.1) is 22.0 Å². The molecule has 3 aromatic carbocycles. The molecular weight excluding hydrogens is 422 g/mol. The normalized spacial score (nSPS) is 24.7. The number of carbonyl (C=O) groups excluding carboxylic acids is 2. The van der Waals surface area contributed by atoms with E-state index in [1.54, 1.807) is 0 Å². The molecule has 0 spiro atoms. The number of rotatable bonds is 3. The SMILES string of the molecule is O=C1[C@@H]2C3c4ccccc4C(c4ccccc43)[C@H]2C(=O)N1/N=C\c1ccc(O)c([N+](=O)[O-])c1. The summed E-state index contributed by atoms with van der Waals surface area (Å²) in [6, 6.07) is 19.7. The third-order valence-electron chi connectivity index (χ3n) is 6.94. The summed E-state index contributed by atoms with van der Waals surface area (Å²) in [5.41, 5.74) is 4.11. The fourth-order valence-corrected chi connectivity index (χ4v) is 5.67. The molecular formula is C25H17N3O5. The molecule has 4 aliphatic rings. The molecule has 2 atom stereocenters. The van der Waals surface area contributed by atoms with Crippen LogP contribution in [0.4, 0.5) is 5.69 Å². The maximum absolute atomic E-state index is 13.5. The van der Waals surface area contributed by atoms with Gasteiger partial charge in [0.2, 0.25) is 0 Å². The van der Waals surface area contributed by atoms with Crippen molar-refractivity contribution in [3.05, 3.63) is 105 Å². The predicted octanol–water partition coefficient (Wildman–Crippen LogP) is 3.53. The number of hydrogen-bond acceptors (Lipinski definition) is 6. The summed E-state index contributed by atoms with van der Waals surface area (Å²) >= 11 is 0. The Kier molecular flexibility index (Phi) is 4.01. The maximum atomic E-state index is 13.5. The standard InChI is InChI=1S/C25H17N3O5/c29-19-10-9-13(11-18(19)28(32)33)12-26-27-24(30)22-20-14-5-1-2-6-15(14)21(23(22)25(27)31)17-8-4-3-7-16(17)20/h1-12,20-23,29H/b26-12-/t20?,21?,22-,23-/m1/s1. The van der Waals surface area contributed by atoms with Gasteiger partial charge in [0.15, 0.2) is 5.75 Å². The van der Waals surface area contributed by atoms with E-state index >= 15 is 0 Å². The van der Waals surface area contributed by atoms with Gasteiger partial charge < -0.3 is 5.11 Å². The molecule has 3 aliphatic carbocycles.